The third-order valence-electron chi connectivity index (χ3n) is 5.67. The van der Waals surface area contributed by atoms with Gasteiger partial charge in [0, 0.05) is 24.8 Å². The Kier molecular flexibility index (Phi) is 7.78. The Morgan fingerprint density at radius 3 is 2.54 bits per heavy atom. The number of carbonyl (C=O) groups is 1. The van der Waals surface area contributed by atoms with Crippen molar-refractivity contribution in [2.75, 3.05) is 36.6 Å². The van der Waals surface area contributed by atoms with Crippen molar-refractivity contribution in [3.8, 4) is 11.6 Å². The Bertz CT molecular complexity index is 1440. The van der Waals surface area contributed by atoms with Crippen LogP contribution in [0.4, 0.5) is 28.2 Å². The minimum Gasteiger partial charge on any atom is -0.490 e. The monoisotopic (exact) mass is 560 g/mol. The number of likely N-dealkylation sites (tertiary alicyclic amines) is 1. The number of carbonyl (C=O) groups excluding carboxylic acids is 1. The summed E-state index contributed by atoms with van der Waals surface area (Å²) in [5.74, 6) is 1.10. The van der Waals surface area contributed by atoms with Gasteiger partial charge in [0.15, 0.2) is 5.82 Å². The van der Waals surface area contributed by atoms with Crippen molar-refractivity contribution < 1.29 is 22.7 Å². The van der Waals surface area contributed by atoms with E-state index in [0.29, 0.717) is 24.6 Å². The topological polar surface area (TPSA) is 205 Å². The molecule has 210 valence electrons. The number of benzene rings is 1. The molecule has 1 saturated heterocycles. The van der Waals surface area contributed by atoms with Crippen LogP contribution in [0.1, 0.15) is 33.6 Å². The van der Waals surface area contributed by atoms with Crippen molar-refractivity contribution in [3.05, 3.63) is 30.6 Å². The van der Waals surface area contributed by atoms with Gasteiger partial charge in [0.25, 0.3) is 0 Å². The van der Waals surface area contributed by atoms with Gasteiger partial charge in [0.2, 0.25) is 33.5 Å². The van der Waals surface area contributed by atoms with Crippen molar-refractivity contribution >= 4 is 39.5 Å². The number of primary sulfonamides is 1. The second-order valence-corrected chi connectivity index (χ2v) is 11.5. The van der Waals surface area contributed by atoms with Gasteiger partial charge in [-0.05, 0) is 57.9 Å². The summed E-state index contributed by atoms with van der Waals surface area (Å²) in [6.07, 6.45) is 2.58. The molecule has 0 aliphatic carbocycles. The zero-order valence-corrected chi connectivity index (χ0v) is 22.9. The molecule has 1 amide bonds. The van der Waals surface area contributed by atoms with Gasteiger partial charge in [-0.1, -0.05) is 0 Å². The molecule has 39 heavy (non-hydrogen) atoms. The molecule has 1 aromatic carbocycles. The van der Waals surface area contributed by atoms with E-state index < -0.39 is 15.6 Å². The SMILES string of the molecule is COc1c(N[C@H]2CCCN(C(=O)OC(C)(C)C)C2)ncnc1-n1nc(Nc2ccc(S(N)(=O)=O)cc2)nc1N. The number of piperidine rings is 1. The fourth-order valence-corrected chi connectivity index (χ4v) is 4.49. The van der Waals surface area contributed by atoms with Crippen LogP contribution in [0, 0.1) is 0 Å². The lowest BCUT2D eigenvalue weighted by molar-refractivity contribution is 0.0206. The Labute approximate surface area is 226 Å². The van der Waals surface area contributed by atoms with Crippen molar-refractivity contribution in [2.24, 2.45) is 5.14 Å². The summed E-state index contributed by atoms with van der Waals surface area (Å²) in [6.45, 7) is 6.53. The van der Waals surface area contributed by atoms with Crippen LogP contribution in [0.3, 0.4) is 0 Å². The maximum absolute atomic E-state index is 12.6. The Morgan fingerprint density at radius 1 is 1.18 bits per heavy atom. The number of anilines is 4. The molecule has 1 aliphatic rings. The fraction of sp³-hybridized carbons (Fsp3) is 0.435. The minimum absolute atomic E-state index is 0.0235. The van der Waals surface area contributed by atoms with Gasteiger partial charge in [0.1, 0.15) is 11.9 Å². The lowest BCUT2D eigenvalue weighted by atomic mass is 10.1. The van der Waals surface area contributed by atoms with Crippen LogP contribution in [0.25, 0.3) is 5.82 Å². The average Bonchev–Trinajstić information content (AvgIpc) is 3.22. The van der Waals surface area contributed by atoms with Crippen LogP contribution >= 0.6 is 0 Å². The molecule has 1 atom stereocenters. The Hall–Kier alpha value is -4.18. The molecule has 3 aromatic rings. The zero-order valence-electron chi connectivity index (χ0n) is 22.1. The van der Waals surface area contributed by atoms with Gasteiger partial charge in [-0.25, -0.2) is 28.3 Å². The zero-order chi connectivity index (χ0) is 28.4. The molecule has 0 saturated carbocycles. The summed E-state index contributed by atoms with van der Waals surface area (Å²) in [5.41, 5.74) is 6.06. The van der Waals surface area contributed by atoms with E-state index in [2.05, 4.69) is 30.7 Å². The van der Waals surface area contributed by atoms with Crippen molar-refractivity contribution in [1.82, 2.24) is 29.6 Å². The third kappa shape index (κ3) is 6.83. The summed E-state index contributed by atoms with van der Waals surface area (Å²) in [5, 5.41) is 15.8. The minimum atomic E-state index is -3.81. The number of nitrogens with one attached hydrogen (secondary N) is 2. The van der Waals surface area contributed by atoms with E-state index in [-0.39, 0.29) is 40.5 Å². The summed E-state index contributed by atoms with van der Waals surface area (Å²) >= 11 is 0. The van der Waals surface area contributed by atoms with Crippen LogP contribution in [0.5, 0.6) is 5.75 Å². The molecule has 1 aliphatic heterocycles. The molecule has 0 spiro atoms. The maximum Gasteiger partial charge on any atom is 0.410 e. The molecule has 15 nitrogen and oxygen atoms in total. The van der Waals surface area contributed by atoms with Crippen molar-refractivity contribution in [2.45, 2.75) is 50.2 Å². The number of sulfonamides is 1. The van der Waals surface area contributed by atoms with Crippen LogP contribution in [0.2, 0.25) is 0 Å². The lowest BCUT2D eigenvalue weighted by Gasteiger charge is -2.34. The number of nitrogens with two attached hydrogens (primary N) is 2. The first-order valence-electron chi connectivity index (χ1n) is 12.1. The summed E-state index contributed by atoms with van der Waals surface area (Å²) < 4.78 is 35.4. The molecule has 0 unspecified atom stereocenters. The second-order valence-electron chi connectivity index (χ2n) is 9.89. The van der Waals surface area contributed by atoms with E-state index in [4.69, 9.17) is 20.3 Å². The summed E-state index contributed by atoms with van der Waals surface area (Å²) in [4.78, 5) is 27.0. The van der Waals surface area contributed by atoms with E-state index in [0.717, 1.165) is 12.8 Å². The largest absolute Gasteiger partial charge is 0.490 e. The van der Waals surface area contributed by atoms with Gasteiger partial charge >= 0.3 is 6.09 Å². The fourth-order valence-electron chi connectivity index (χ4n) is 3.98. The Morgan fingerprint density at radius 2 is 1.90 bits per heavy atom. The van der Waals surface area contributed by atoms with Crippen LogP contribution < -0.4 is 26.2 Å². The molecule has 0 radical (unpaired) electrons. The first kappa shape index (κ1) is 27.8. The average molecular weight is 561 g/mol. The van der Waals surface area contributed by atoms with Crippen LogP contribution in [-0.2, 0) is 14.8 Å². The lowest BCUT2D eigenvalue weighted by Crippen LogP contribution is -2.47. The van der Waals surface area contributed by atoms with Gasteiger partial charge in [-0.3, -0.25) is 0 Å². The van der Waals surface area contributed by atoms with Gasteiger partial charge in [0.05, 0.1) is 12.0 Å². The number of rotatable bonds is 7. The number of nitrogens with zero attached hydrogens (tertiary/aromatic N) is 6. The van der Waals surface area contributed by atoms with E-state index in [9.17, 15) is 13.2 Å². The number of aromatic nitrogens is 5. The van der Waals surface area contributed by atoms with Crippen LogP contribution in [-0.4, -0.2) is 76.0 Å². The standard InChI is InChI=1S/C23H32N10O5S/c1-23(2,3)38-22(34)32-11-5-6-15(12-32)28-18-17(37-4)19(27-13-26-18)33-20(24)30-21(31-33)29-14-7-9-16(10-8-14)39(25,35)36/h7-10,13,15H,5-6,11-12H2,1-4H3,(H2,25,35,36)(H,26,27,28)(H3,24,29,30,31)/t15-/m0/s1. The van der Waals surface area contributed by atoms with E-state index in [1.165, 1.54) is 42.4 Å². The maximum atomic E-state index is 12.6. The number of hydrogen-bond acceptors (Lipinski definition) is 12. The molecule has 16 heteroatoms. The predicted molar refractivity (Wildman–Crippen MR) is 143 cm³/mol. The predicted octanol–water partition coefficient (Wildman–Crippen LogP) is 1.85. The highest BCUT2D eigenvalue weighted by molar-refractivity contribution is 7.89. The van der Waals surface area contributed by atoms with Crippen molar-refractivity contribution in [1.29, 1.82) is 0 Å². The number of hydrogen-bond donors (Lipinski definition) is 4. The molecule has 6 N–H and O–H groups in total. The molecule has 2 aromatic heterocycles. The number of methoxy groups -OCH3 is 1. The van der Waals surface area contributed by atoms with E-state index in [1.54, 1.807) is 4.90 Å². The van der Waals surface area contributed by atoms with Gasteiger partial charge < -0.3 is 30.7 Å². The number of ether oxygens (including phenoxy) is 2. The molecular weight excluding hydrogens is 528 g/mol. The Balaban J connectivity index is 1.52. The summed E-state index contributed by atoms with van der Waals surface area (Å²) in [7, 11) is -2.34. The highest BCUT2D eigenvalue weighted by Gasteiger charge is 2.29. The highest BCUT2D eigenvalue weighted by atomic mass is 32.2. The molecule has 1 fully saturated rings. The van der Waals surface area contributed by atoms with Gasteiger partial charge in [-0.2, -0.15) is 9.67 Å². The smallest absolute Gasteiger partial charge is 0.410 e. The second kappa shape index (κ2) is 10.9. The molecule has 4 rings (SSSR count). The quantitative estimate of drug-likeness (QED) is 0.327. The molecule has 0 bridgehead atoms. The first-order chi connectivity index (χ1) is 18.3. The third-order valence-corrected chi connectivity index (χ3v) is 6.60. The van der Waals surface area contributed by atoms with Gasteiger partial charge in [-0.15, -0.1) is 5.10 Å². The summed E-state index contributed by atoms with van der Waals surface area (Å²) in [6, 6.07) is 5.66. The highest BCUT2D eigenvalue weighted by Crippen LogP contribution is 2.31. The van der Waals surface area contributed by atoms with E-state index in [1.807, 2.05) is 20.8 Å². The normalized spacial score (nSPS) is 16.0. The molecule has 3 heterocycles. The van der Waals surface area contributed by atoms with Crippen molar-refractivity contribution in [3.63, 3.8) is 0 Å². The first-order valence-corrected chi connectivity index (χ1v) is 13.6. The number of amides is 1. The molecular formula is C23H32N10O5S. The van der Waals surface area contributed by atoms with E-state index >= 15 is 0 Å². The number of nitrogen functional groups attached to an aromatic ring is 1. The van der Waals surface area contributed by atoms with Crippen LogP contribution in [0.15, 0.2) is 35.5 Å².